The van der Waals surface area contributed by atoms with Crippen molar-refractivity contribution in [2.24, 2.45) is 0 Å². The Kier molecular flexibility index (Phi) is 2.82. The molecular weight excluding hydrogens is 254 g/mol. The standard InChI is InChI=1S/C9H7Cl2FN4/c1-16(2)8-4-3-13-7(10)5(12)6(4)14-9(11)15-8/h3H,1-2H3. The van der Waals surface area contributed by atoms with Crippen LogP contribution in [0.3, 0.4) is 0 Å². The van der Waals surface area contributed by atoms with Crippen molar-refractivity contribution < 1.29 is 4.39 Å². The van der Waals surface area contributed by atoms with Gasteiger partial charge in [-0.05, 0) is 11.6 Å². The molecule has 0 radical (unpaired) electrons. The third kappa shape index (κ3) is 1.76. The van der Waals surface area contributed by atoms with Gasteiger partial charge < -0.3 is 4.90 Å². The average Bonchev–Trinajstić information content (AvgIpc) is 2.23. The third-order valence-corrected chi connectivity index (χ3v) is 2.45. The molecule has 2 aromatic heterocycles. The summed E-state index contributed by atoms with van der Waals surface area (Å²) in [5.74, 6) is -0.190. The lowest BCUT2D eigenvalue weighted by atomic mass is 10.3. The zero-order valence-electron chi connectivity index (χ0n) is 8.50. The molecule has 0 amide bonds. The lowest BCUT2D eigenvalue weighted by Crippen LogP contribution is -2.12. The van der Waals surface area contributed by atoms with Gasteiger partial charge in [0.25, 0.3) is 0 Å². The van der Waals surface area contributed by atoms with Crippen molar-refractivity contribution in [1.82, 2.24) is 15.0 Å². The molecule has 2 heterocycles. The first-order valence-corrected chi connectivity index (χ1v) is 5.11. The second kappa shape index (κ2) is 3.99. The van der Waals surface area contributed by atoms with Crippen molar-refractivity contribution in [3.05, 3.63) is 22.5 Å². The van der Waals surface area contributed by atoms with E-state index < -0.39 is 5.82 Å². The number of rotatable bonds is 1. The van der Waals surface area contributed by atoms with E-state index >= 15 is 0 Å². The molecule has 0 bridgehead atoms. The highest BCUT2D eigenvalue weighted by atomic mass is 35.5. The van der Waals surface area contributed by atoms with Crippen LogP contribution in [-0.4, -0.2) is 29.0 Å². The van der Waals surface area contributed by atoms with Crippen LogP contribution in [-0.2, 0) is 0 Å². The van der Waals surface area contributed by atoms with Gasteiger partial charge in [0, 0.05) is 20.3 Å². The molecule has 2 rings (SSSR count). The van der Waals surface area contributed by atoms with Gasteiger partial charge in [-0.3, -0.25) is 0 Å². The van der Waals surface area contributed by atoms with Gasteiger partial charge in [0.05, 0.1) is 5.39 Å². The molecule has 0 aliphatic rings. The Hall–Kier alpha value is -1.20. The Morgan fingerprint density at radius 3 is 2.56 bits per heavy atom. The minimum absolute atomic E-state index is 0.0302. The molecule has 0 unspecified atom stereocenters. The van der Waals surface area contributed by atoms with E-state index in [0.29, 0.717) is 11.2 Å². The van der Waals surface area contributed by atoms with Crippen LogP contribution in [0.25, 0.3) is 10.9 Å². The maximum absolute atomic E-state index is 13.7. The summed E-state index contributed by atoms with van der Waals surface area (Å²) in [6, 6.07) is 0. The van der Waals surface area contributed by atoms with E-state index in [1.54, 1.807) is 19.0 Å². The van der Waals surface area contributed by atoms with Gasteiger partial charge in [-0.1, -0.05) is 11.6 Å². The Morgan fingerprint density at radius 2 is 1.94 bits per heavy atom. The van der Waals surface area contributed by atoms with Crippen molar-refractivity contribution in [2.45, 2.75) is 0 Å². The molecule has 0 saturated heterocycles. The summed E-state index contributed by atoms with van der Waals surface area (Å²) >= 11 is 11.3. The Bertz CT molecular complexity index is 559. The molecule has 0 aromatic carbocycles. The maximum Gasteiger partial charge on any atom is 0.225 e. The summed E-state index contributed by atoms with van der Waals surface area (Å²) in [7, 11) is 3.54. The third-order valence-electron chi connectivity index (χ3n) is 2.02. The van der Waals surface area contributed by atoms with Crippen LogP contribution >= 0.6 is 23.2 Å². The molecule has 0 atom stereocenters. The van der Waals surface area contributed by atoms with Crippen molar-refractivity contribution >= 4 is 39.9 Å². The highest BCUT2D eigenvalue weighted by Gasteiger charge is 2.15. The normalized spacial score (nSPS) is 10.8. The molecule has 7 heteroatoms. The van der Waals surface area contributed by atoms with Crippen molar-refractivity contribution in [3.8, 4) is 0 Å². The monoisotopic (exact) mass is 260 g/mol. The van der Waals surface area contributed by atoms with E-state index in [2.05, 4.69) is 15.0 Å². The summed E-state index contributed by atoms with van der Waals surface area (Å²) in [5, 5.41) is 0.209. The topological polar surface area (TPSA) is 41.9 Å². The smallest absolute Gasteiger partial charge is 0.225 e. The molecule has 4 nitrogen and oxygen atoms in total. The highest BCUT2D eigenvalue weighted by Crippen LogP contribution is 2.27. The quantitative estimate of drug-likeness (QED) is 0.584. The fourth-order valence-electron chi connectivity index (χ4n) is 1.33. The fraction of sp³-hybridized carbons (Fsp3) is 0.222. The SMILES string of the molecule is CN(C)c1nc(Cl)nc2c(F)c(Cl)ncc12. The predicted molar refractivity (Wildman–Crippen MR) is 61.6 cm³/mol. The molecule has 0 N–H and O–H groups in total. The van der Waals surface area contributed by atoms with Crippen LogP contribution in [0.15, 0.2) is 6.20 Å². The first-order valence-electron chi connectivity index (χ1n) is 4.35. The van der Waals surface area contributed by atoms with Crippen LogP contribution in [0.2, 0.25) is 10.4 Å². The molecule has 0 aliphatic heterocycles. The lowest BCUT2D eigenvalue weighted by molar-refractivity contribution is 0.631. The van der Waals surface area contributed by atoms with Crippen molar-refractivity contribution in [3.63, 3.8) is 0 Å². The highest BCUT2D eigenvalue weighted by molar-refractivity contribution is 6.30. The number of anilines is 1. The molecule has 0 spiro atoms. The first kappa shape index (κ1) is 11.3. The summed E-state index contributed by atoms with van der Waals surface area (Å²) in [6.07, 6.45) is 1.42. The summed E-state index contributed by atoms with van der Waals surface area (Å²) in [6.45, 7) is 0. The Morgan fingerprint density at radius 1 is 1.25 bits per heavy atom. The fourth-order valence-corrected chi connectivity index (χ4v) is 1.64. The Labute approximate surface area is 101 Å². The van der Waals surface area contributed by atoms with E-state index in [-0.39, 0.29) is 16.0 Å². The second-order valence-electron chi connectivity index (χ2n) is 3.34. The molecule has 0 fully saturated rings. The second-order valence-corrected chi connectivity index (χ2v) is 4.03. The summed E-state index contributed by atoms with van der Waals surface area (Å²) < 4.78 is 13.7. The van der Waals surface area contributed by atoms with Gasteiger partial charge in [-0.2, -0.15) is 4.98 Å². The van der Waals surface area contributed by atoms with E-state index in [1.807, 2.05) is 0 Å². The number of hydrogen-bond acceptors (Lipinski definition) is 4. The number of halogens is 3. The van der Waals surface area contributed by atoms with Gasteiger partial charge >= 0.3 is 0 Å². The zero-order chi connectivity index (χ0) is 11.9. The van der Waals surface area contributed by atoms with Crippen LogP contribution < -0.4 is 4.90 Å². The zero-order valence-corrected chi connectivity index (χ0v) is 10.0. The number of pyridine rings is 1. The number of aromatic nitrogens is 3. The average molecular weight is 261 g/mol. The van der Waals surface area contributed by atoms with E-state index in [0.717, 1.165) is 0 Å². The van der Waals surface area contributed by atoms with Crippen LogP contribution in [0.1, 0.15) is 0 Å². The van der Waals surface area contributed by atoms with Crippen molar-refractivity contribution in [2.75, 3.05) is 19.0 Å². The van der Waals surface area contributed by atoms with Crippen LogP contribution in [0.4, 0.5) is 10.2 Å². The molecule has 2 aromatic rings. The van der Waals surface area contributed by atoms with Gasteiger partial charge in [-0.15, -0.1) is 0 Å². The van der Waals surface area contributed by atoms with E-state index in [9.17, 15) is 4.39 Å². The minimum atomic E-state index is -0.688. The molecular formula is C9H7Cl2FN4. The summed E-state index contributed by atoms with van der Waals surface area (Å²) in [5.41, 5.74) is 0.0729. The lowest BCUT2D eigenvalue weighted by Gasteiger charge is -2.13. The van der Waals surface area contributed by atoms with Gasteiger partial charge in [0.1, 0.15) is 11.3 Å². The van der Waals surface area contributed by atoms with Gasteiger partial charge in [-0.25, -0.2) is 14.4 Å². The molecule has 0 saturated carbocycles. The minimum Gasteiger partial charge on any atom is -0.362 e. The molecule has 16 heavy (non-hydrogen) atoms. The molecule has 0 aliphatic carbocycles. The first-order chi connectivity index (χ1) is 7.50. The largest absolute Gasteiger partial charge is 0.362 e. The summed E-state index contributed by atoms with van der Waals surface area (Å²) in [4.78, 5) is 13.2. The Balaban J connectivity index is 2.89. The van der Waals surface area contributed by atoms with Gasteiger partial charge in [0.2, 0.25) is 5.28 Å². The molecule has 84 valence electrons. The van der Waals surface area contributed by atoms with E-state index in [4.69, 9.17) is 23.2 Å². The van der Waals surface area contributed by atoms with Crippen LogP contribution in [0.5, 0.6) is 0 Å². The predicted octanol–water partition coefficient (Wildman–Crippen LogP) is 2.54. The maximum atomic E-state index is 13.7. The number of hydrogen-bond donors (Lipinski definition) is 0. The van der Waals surface area contributed by atoms with Gasteiger partial charge in [0.15, 0.2) is 11.0 Å². The number of fused-ring (bicyclic) bond motifs is 1. The van der Waals surface area contributed by atoms with E-state index in [1.165, 1.54) is 6.20 Å². The van der Waals surface area contributed by atoms with Crippen LogP contribution in [0, 0.1) is 5.82 Å². The van der Waals surface area contributed by atoms with Crippen molar-refractivity contribution in [1.29, 1.82) is 0 Å². The number of nitrogens with zero attached hydrogens (tertiary/aromatic N) is 4.